The van der Waals surface area contributed by atoms with Crippen LogP contribution in [0.25, 0.3) is 0 Å². The molecule has 78 valence electrons. The second kappa shape index (κ2) is 6.17. The van der Waals surface area contributed by atoms with E-state index in [2.05, 4.69) is 20.4 Å². The van der Waals surface area contributed by atoms with Gasteiger partial charge >= 0.3 is 0 Å². The Morgan fingerprint density at radius 3 is 2.31 bits per heavy atom. The Kier molecular flexibility index (Phi) is 6.00. The van der Waals surface area contributed by atoms with Crippen LogP contribution in [-0.4, -0.2) is 18.8 Å². The van der Waals surface area contributed by atoms with Crippen LogP contribution in [0.2, 0.25) is 0 Å². The Balaban J connectivity index is 4.10. The minimum atomic E-state index is 0.0810. The van der Waals surface area contributed by atoms with Crippen LogP contribution in [0.4, 0.5) is 0 Å². The molecule has 0 aromatic carbocycles. The van der Waals surface area contributed by atoms with E-state index in [9.17, 15) is 0 Å². The Labute approximate surface area is 82.2 Å². The molecular weight excluding hydrogens is 162 g/mol. The monoisotopic (exact) mass is 185 g/mol. The zero-order valence-corrected chi connectivity index (χ0v) is 9.34. The summed E-state index contributed by atoms with van der Waals surface area (Å²) in [5, 5.41) is 0. The van der Waals surface area contributed by atoms with Crippen LogP contribution in [0.1, 0.15) is 34.1 Å². The zero-order valence-electron chi connectivity index (χ0n) is 9.34. The molecule has 0 aromatic heterocycles. The fourth-order valence-corrected chi connectivity index (χ4v) is 1.52. The molecule has 0 heterocycles. The number of ether oxygens (including phenoxy) is 1. The fourth-order valence-electron chi connectivity index (χ4n) is 1.52. The molecule has 2 nitrogen and oxygen atoms in total. The molecule has 2 atom stereocenters. The van der Waals surface area contributed by atoms with Gasteiger partial charge in [0.2, 0.25) is 0 Å². The number of rotatable bonds is 6. The average Bonchev–Trinajstić information content (AvgIpc) is 1.97. The molecule has 13 heavy (non-hydrogen) atoms. The molecule has 0 aliphatic carbocycles. The predicted octanol–water partition coefficient (Wildman–Crippen LogP) is 2.34. The van der Waals surface area contributed by atoms with Gasteiger partial charge in [-0.15, -0.1) is 6.58 Å². The summed E-state index contributed by atoms with van der Waals surface area (Å²) in [6.45, 7) is 12.9. The first-order chi connectivity index (χ1) is 5.99. The van der Waals surface area contributed by atoms with Gasteiger partial charge in [0.15, 0.2) is 0 Å². The van der Waals surface area contributed by atoms with Crippen molar-refractivity contribution in [3.8, 4) is 0 Å². The second-order valence-corrected chi connectivity index (χ2v) is 3.99. The Morgan fingerprint density at radius 1 is 1.46 bits per heavy atom. The number of nitrogens with two attached hydrogens (primary N) is 1. The molecule has 0 aliphatic rings. The third-order valence-corrected chi connectivity index (χ3v) is 2.02. The molecule has 0 bridgehead atoms. The summed E-state index contributed by atoms with van der Waals surface area (Å²) in [6.07, 6.45) is 1.00. The van der Waals surface area contributed by atoms with E-state index >= 15 is 0 Å². The Bertz CT molecular complexity index is 154. The highest BCUT2D eigenvalue weighted by atomic mass is 16.5. The second-order valence-electron chi connectivity index (χ2n) is 3.99. The summed E-state index contributed by atoms with van der Waals surface area (Å²) in [4.78, 5) is 0. The van der Waals surface area contributed by atoms with E-state index in [0.29, 0.717) is 5.92 Å². The highest BCUT2D eigenvalue weighted by Crippen LogP contribution is 2.14. The number of hydrogen-bond donors (Lipinski definition) is 1. The molecule has 0 radical (unpaired) electrons. The van der Waals surface area contributed by atoms with E-state index in [1.165, 1.54) is 0 Å². The van der Waals surface area contributed by atoms with Crippen LogP contribution in [0.3, 0.4) is 0 Å². The molecule has 0 fully saturated rings. The van der Waals surface area contributed by atoms with Gasteiger partial charge in [0, 0.05) is 12.6 Å². The minimum Gasteiger partial charge on any atom is -0.377 e. The van der Waals surface area contributed by atoms with E-state index in [1.54, 1.807) is 0 Å². The summed E-state index contributed by atoms with van der Waals surface area (Å²) in [5.41, 5.74) is 7.14. The predicted molar refractivity (Wildman–Crippen MR) is 57.7 cm³/mol. The van der Waals surface area contributed by atoms with Gasteiger partial charge in [-0.2, -0.15) is 0 Å². The maximum Gasteiger partial charge on any atom is 0.0751 e. The largest absolute Gasteiger partial charge is 0.377 e. The third-order valence-electron chi connectivity index (χ3n) is 2.02. The van der Waals surface area contributed by atoms with Crippen molar-refractivity contribution in [3.05, 3.63) is 12.2 Å². The molecule has 0 saturated heterocycles. The van der Waals surface area contributed by atoms with Crippen molar-refractivity contribution < 1.29 is 4.74 Å². The minimum absolute atomic E-state index is 0.0810. The zero-order chi connectivity index (χ0) is 10.4. The molecule has 2 heteroatoms. The molecular formula is C11H23NO. The first kappa shape index (κ1) is 12.7. The maximum absolute atomic E-state index is 6.02. The molecule has 0 saturated carbocycles. The lowest BCUT2D eigenvalue weighted by Crippen LogP contribution is -2.40. The molecule has 2 N–H and O–H groups in total. The smallest absolute Gasteiger partial charge is 0.0751 e. The molecule has 0 spiro atoms. The van der Waals surface area contributed by atoms with Crippen LogP contribution >= 0.6 is 0 Å². The quantitative estimate of drug-likeness (QED) is 0.645. The van der Waals surface area contributed by atoms with Gasteiger partial charge in [0.05, 0.1) is 6.10 Å². The normalized spacial score (nSPS) is 15.8. The Morgan fingerprint density at radius 2 is 2.00 bits per heavy atom. The molecule has 0 aliphatic heterocycles. The molecule has 2 unspecified atom stereocenters. The van der Waals surface area contributed by atoms with Gasteiger partial charge in [-0.3, -0.25) is 0 Å². The summed E-state index contributed by atoms with van der Waals surface area (Å²) in [7, 11) is 0. The van der Waals surface area contributed by atoms with E-state index in [-0.39, 0.29) is 12.1 Å². The van der Waals surface area contributed by atoms with Crippen molar-refractivity contribution in [1.82, 2.24) is 0 Å². The average molecular weight is 185 g/mol. The lowest BCUT2D eigenvalue weighted by atomic mass is 9.95. The van der Waals surface area contributed by atoms with Crippen molar-refractivity contribution in [2.45, 2.75) is 46.3 Å². The lowest BCUT2D eigenvalue weighted by molar-refractivity contribution is 0.0128. The van der Waals surface area contributed by atoms with Crippen molar-refractivity contribution in [1.29, 1.82) is 0 Å². The van der Waals surface area contributed by atoms with Gasteiger partial charge in [-0.25, -0.2) is 0 Å². The van der Waals surface area contributed by atoms with E-state index < -0.39 is 0 Å². The van der Waals surface area contributed by atoms with Crippen LogP contribution in [0, 0.1) is 5.92 Å². The summed E-state index contributed by atoms with van der Waals surface area (Å²) in [5.74, 6) is 0.467. The highest BCUT2D eigenvalue weighted by Gasteiger charge is 2.21. The maximum atomic E-state index is 6.02. The van der Waals surface area contributed by atoms with Gasteiger partial charge in [0.25, 0.3) is 0 Å². The van der Waals surface area contributed by atoms with Crippen LogP contribution < -0.4 is 5.73 Å². The topological polar surface area (TPSA) is 35.2 Å². The molecule has 0 rings (SSSR count). The van der Waals surface area contributed by atoms with Crippen molar-refractivity contribution in [2.24, 2.45) is 11.7 Å². The van der Waals surface area contributed by atoms with E-state index in [1.807, 2.05) is 13.8 Å². The SMILES string of the molecule is C=C(C)CC(N)C(OCC)C(C)C. The third kappa shape index (κ3) is 5.06. The van der Waals surface area contributed by atoms with Gasteiger partial charge in [-0.05, 0) is 26.2 Å². The van der Waals surface area contributed by atoms with Crippen molar-refractivity contribution in [2.75, 3.05) is 6.61 Å². The van der Waals surface area contributed by atoms with Crippen molar-refractivity contribution in [3.63, 3.8) is 0 Å². The summed E-state index contributed by atoms with van der Waals surface area (Å²) >= 11 is 0. The first-order valence-corrected chi connectivity index (χ1v) is 5.00. The van der Waals surface area contributed by atoms with Crippen molar-refractivity contribution >= 4 is 0 Å². The lowest BCUT2D eigenvalue weighted by Gasteiger charge is -2.27. The van der Waals surface area contributed by atoms with Gasteiger partial charge in [-0.1, -0.05) is 19.4 Å². The molecule has 0 amide bonds. The highest BCUT2D eigenvalue weighted by molar-refractivity contribution is 4.94. The summed E-state index contributed by atoms with van der Waals surface area (Å²) < 4.78 is 5.60. The fraction of sp³-hybridized carbons (Fsp3) is 0.818. The molecule has 0 aromatic rings. The van der Waals surface area contributed by atoms with Gasteiger partial charge in [0.1, 0.15) is 0 Å². The van der Waals surface area contributed by atoms with Gasteiger partial charge < -0.3 is 10.5 Å². The Hall–Kier alpha value is -0.340. The van der Waals surface area contributed by atoms with Crippen LogP contribution in [0.15, 0.2) is 12.2 Å². The summed E-state index contributed by atoms with van der Waals surface area (Å²) in [6, 6.07) is 0.0810. The standard InChI is InChI=1S/C11H23NO/c1-6-13-11(9(4)5)10(12)7-8(2)3/h9-11H,2,6-7,12H2,1,3-5H3. The van der Waals surface area contributed by atoms with Crippen LogP contribution in [0.5, 0.6) is 0 Å². The first-order valence-electron chi connectivity index (χ1n) is 5.00. The number of hydrogen-bond acceptors (Lipinski definition) is 2. The van der Waals surface area contributed by atoms with Crippen LogP contribution in [-0.2, 0) is 4.74 Å². The van der Waals surface area contributed by atoms with E-state index in [0.717, 1.165) is 18.6 Å². The van der Waals surface area contributed by atoms with E-state index in [4.69, 9.17) is 10.5 Å².